The van der Waals surface area contributed by atoms with Crippen molar-refractivity contribution in [2.24, 2.45) is 0 Å². The van der Waals surface area contributed by atoms with Gasteiger partial charge in [0.25, 0.3) is 0 Å². The number of aryl methyl sites for hydroxylation is 1. The van der Waals surface area contributed by atoms with Crippen molar-refractivity contribution < 1.29 is 9.47 Å². The number of aromatic nitrogens is 3. The van der Waals surface area contributed by atoms with E-state index in [4.69, 9.17) is 15.2 Å². The van der Waals surface area contributed by atoms with Crippen LogP contribution in [0.2, 0.25) is 0 Å². The van der Waals surface area contributed by atoms with Crippen LogP contribution >= 0.6 is 15.9 Å². The summed E-state index contributed by atoms with van der Waals surface area (Å²) in [4.78, 5) is 11.9. The van der Waals surface area contributed by atoms with Crippen LogP contribution in [0.15, 0.2) is 22.7 Å². The van der Waals surface area contributed by atoms with Gasteiger partial charge in [-0.3, -0.25) is 0 Å². The maximum atomic E-state index is 5.64. The summed E-state index contributed by atoms with van der Waals surface area (Å²) in [6.07, 6.45) is -0.0581. The Balaban J connectivity index is 2.28. The Kier molecular flexibility index (Phi) is 4.39. The molecule has 0 amide bonds. The van der Waals surface area contributed by atoms with Crippen molar-refractivity contribution in [3.8, 4) is 17.8 Å². The van der Waals surface area contributed by atoms with Crippen LogP contribution in [-0.4, -0.2) is 21.1 Å². The number of ether oxygens (including phenoxy) is 2. The summed E-state index contributed by atoms with van der Waals surface area (Å²) in [7, 11) is 0. The molecule has 0 aliphatic heterocycles. The first-order chi connectivity index (χ1) is 9.44. The van der Waals surface area contributed by atoms with E-state index in [2.05, 4.69) is 30.9 Å². The third-order valence-electron chi connectivity index (χ3n) is 2.30. The van der Waals surface area contributed by atoms with Gasteiger partial charge in [0.1, 0.15) is 5.75 Å². The van der Waals surface area contributed by atoms with Crippen LogP contribution in [0.1, 0.15) is 19.4 Å². The highest BCUT2D eigenvalue weighted by Gasteiger charge is 2.10. The topological polar surface area (TPSA) is 83.2 Å². The Morgan fingerprint density at radius 1 is 1.15 bits per heavy atom. The fourth-order valence-electron chi connectivity index (χ4n) is 1.44. The molecule has 6 nitrogen and oxygen atoms in total. The number of halogens is 1. The standard InChI is InChI=1S/C13H15BrN4O2/c1-7(2)19-12-16-11(15)17-13(18-12)20-10-6-9(14)5-4-8(10)3/h4-7H,1-3H3,(H2,15,16,17,18). The monoisotopic (exact) mass is 338 g/mol. The Morgan fingerprint density at radius 2 is 1.85 bits per heavy atom. The van der Waals surface area contributed by atoms with Gasteiger partial charge in [0.2, 0.25) is 5.95 Å². The van der Waals surface area contributed by atoms with Crippen LogP contribution in [0.5, 0.6) is 17.8 Å². The molecule has 0 saturated heterocycles. The Bertz CT molecular complexity index is 619. The minimum absolute atomic E-state index is 0.0540. The molecule has 2 aromatic rings. The fourth-order valence-corrected chi connectivity index (χ4v) is 1.78. The second-order valence-electron chi connectivity index (χ2n) is 4.44. The number of benzene rings is 1. The largest absolute Gasteiger partial charge is 0.461 e. The van der Waals surface area contributed by atoms with E-state index in [-0.39, 0.29) is 24.1 Å². The Morgan fingerprint density at radius 3 is 2.55 bits per heavy atom. The lowest BCUT2D eigenvalue weighted by atomic mass is 10.2. The molecule has 7 heteroatoms. The molecule has 106 valence electrons. The summed E-state index contributed by atoms with van der Waals surface area (Å²) >= 11 is 3.39. The molecule has 0 spiro atoms. The molecule has 20 heavy (non-hydrogen) atoms. The van der Waals surface area contributed by atoms with E-state index >= 15 is 0 Å². The molecular formula is C13H15BrN4O2. The first-order valence-electron chi connectivity index (χ1n) is 6.06. The zero-order valence-corrected chi connectivity index (χ0v) is 13.0. The van der Waals surface area contributed by atoms with Crippen molar-refractivity contribution in [1.82, 2.24) is 15.0 Å². The van der Waals surface area contributed by atoms with Crippen LogP contribution in [0, 0.1) is 6.92 Å². The number of rotatable bonds is 4. The van der Waals surface area contributed by atoms with Crippen molar-refractivity contribution in [2.75, 3.05) is 5.73 Å². The second-order valence-corrected chi connectivity index (χ2v) is 5.35. The number of nitrogens with two attached hydrogens (primary N) is 1. The van der Waals surface area contributed by atoms with Gasteiger partial charge in [0.15, 0.2) is 0 Å². The number of nitrogen functional groups attached to an aromatic ring is 1. The van der Waals surface area contributed by atoms with Crippen molar-refractivity contribution in [3.05, 3.63) is 28.2 Å². The fraction of sp³-hybridized carbons (Fsp3) is 0.308. The average molecular weight is 339 g/mol. The van der Waals surface area contributed by atoms with Crippen LogP contribution < -0.4 is 15.2 Å². The van der Waals surface area contributed by atoms with Crippen molar-refractivity contribution in [3.63, 3.8) is 0 Å². The highest BCUT2D eigenvalue weighted by Crippen LogP contribution is 2.27. The quantitative estimate of drug-likeness (QED) is 0.922. The predicted molar refractivity (Wildman–Crippen MR) is 79.0 cm³/mol. The predicted octanol–water partition coefficient (Wildman–Crippen LogP) is 3.10. The summed E-state index contributed by atoms with van der Waals surface area (Å²) in [5, 5.41) is 0. The SMILES string of the molecule is Cc1ccc(Br)cc1Oc1nc(N)nc(OC(C)C)n1. The van der Waals surface area contributed by atoms with Gasteiger partial charge in [0, 0.05) is 4.47 Å². The normalized spacial score (nSPS) is 10.7. The lowest BCUT2D eigenvalue weighted by Gasteiger charge is -2.10. The summed E-state index contributed by atoms with van der Waals surface area (Å²) in [5.41, 5.74) is 6.58. The van der Waals surface area contributed by atoms with Gasteiger partial charge in [-0.05, 0) is 38.5 Å². The molecule has 1 aromatic heterocycles. The zero-order chi connectivity index (χ0) is 14.7. The van der Waals surface area contributed by atoms with E-state index in [1.807, 2.05) is 39.0 Å². The highest BCUT2D eigenvalue weighted by atomic mass is 79.9. The lowest BCUT2D eigenvalue weighted by molar-refractivity contribution is 0.218. The molecule has 0 aliphatic carbocycles. The summed E-state index contributed by atoms with van der Waals surface area (Å²) in [6.45, 7) is 5.68. The van der Waals surface area contributed by atoms with Gasteiger partial charge in [0.05, 0.1) is 6.10 Å². The zero-order valence-electron chi connectivity index (χ0n) is 11.4. The summed E-state index contributed by atoms with van der Waals surface area (Å²) in [5.74, 6) is 0.693. The first-order valence-corrected chi connectivity index (χ1v) is 6.85. The molecule has 2 N–H and O–H groups in total. The van der Waals surface area contributed by atoms with E-state index < -0.39 is 0 Å². The molecule has 0 fully saturated rings. The molecule has 0 aliphatic rings. The smallest absolute Gasteiger partial charge is 0.330 e. The van der Waals surface area contributed by atoms with E-state index in [1.54, 1.807) is 0 Å². The number of anilines is 1. The van der Waals surface area contributed by atoms with Crippen molar-refractivity contribution in [2.45, 2.75) is 26.9 Å². The molecule has 1 aromatic carbocycles. The molecule has 2 rings (SSSR count). The maximum absolute atomic E-state index is 5.64. The lowest BCUT2D eigenvalue weighted by Crippen LogP contribution is -2.11. The molecular weight excluding hydrogens is 324 g/mol. The molecule has 0 atom stereocenters. The van der Waals surface area contributed by atoms with Gasteiger partial charge < -0.3 is 15.2 Å². The maximum Gasteiger partial charge on any atom is 0.330 e. The van der Waals surface area contributed by atoms with E-state index in [1.165, 1.54) is 0 Å². The van der Waals surface area contributed by atoms with Crippen molar-refractivity contribution in [1.29, 1.82) is 0 Å². The number of hydrogen-bond acceptors (Lipinski definition) is 6. The number of hydrogen-bond donors (Lipinski definition) is 1. The van der Waals surface area contributed by atoms with Crippen molar-refractivity contribution >= 4 is 21.9 Å². The Hall–Kier alpha value is -1.89. The van der Waals surface area contributed by atoms with Gasteiger partial charge in [-0.2, -0.15) is 9.97 Å². The van der Waals surface area contributed by atoms with E-state index in [9.17, 15) is 0 Å². The van der Waals surface area contributed by atoms with Crippen LogP contribution in [0.3, 0.4) is 0 Å². The third kappa shape index (κ3) is 3.80. The molecule has 0 saturated carbocycles. The first kappa shape index (κ1) is 14.5. The summed E-state index contributed by atoms with van der Waals surface area (Å²) in [6, 6.07) is 5.94. The van der Waals surface area contributed by atoms with Crippen LogP contribution in [0.25, 0.3) is 0 Å². The molecule has 0 radical (unpaired) electrons. The van der Waals surface area contributed by atoms with Gasteiger partial charge in [-0.15, -0.1) is 4.98 Å². The molecule has 0 bridgehead atoms. The van der Waals surface area contributed by atoms with Gasteiger partial charge in [-0.25, -0.2) is 0 Å². The number of nitrogens with zero attached hydrogens (tertiary/aromatic N) is 3. The van der Waals surface area contributed by atoms with E-state index in [0.717, 1.165) is 10.0 Å². The molecule has 1 heterocycles. The van der Waals surface area contributed by atoms with Gasteiger partial charge in [-0.1, -0.05) is 22.0 Å². The Labute approximate surface area is 125 Å². The minimum atomic E-state index is -0.0581. The summed E-state index contributed by atoms with van der Waals surface area (Å²) < 4.78 is 11.9. The minimum Gasteiger partial charge on any atom is -0.461 e. The average Bonchev–Trinajstić information content (AvgIpc) is 2.32. The second kappa shape index (κ2) is 6.04. The van der Waals surface area contributed by atoms with Gasteiger partial charge >= 0.3 is 12.0 Å². The third-order valence-corrected chi connectivity index (χ3v) is 2.80. The van der Waals surface area contributed by atoms with Crippen LogP contribution in [0.4, 0.5) is 5.95 Å². The molecule has 0 unspecified atom stereocenters. The highest BCUT2D eigenvalue weighted by molar-refractivity contribution is 9.10. The van der Waals surface area contributed by atoms with Crippen LogP contribution in [-0.2, 0) is 0 Å². The van der Waals surface area contributed by atoms with E-state index in [0.29, 0.717) is 5.75 Å².